The zero-order chi connectivity index (χ0) is 12.8. The quantitative estimate of drug-likeness (QED) is 0.811. The van der Waals surface area contributed by atoms with Gasteiger partial charge in [-0.25, -0.2) is 4.98 Å². The number of carboxylic acids is 1. The first kappa shape index (κ1) is 13.6. The number of nitrogens with one attached hydrogen (secondary N) is 1. The molecule has 1 heterocycles. The number of pyridine rings is 1. The van der Waals surface area contributed by atoms with Gasteiger partial charge in [-0.3, -0.25) is 9.59 Å². The van der Waals surface area contributed by atoms with E-state index in [1.54, 1.807) is 19.1 Å². The van der Waals surface area contributed by atoms with E-state index in [1.165, 1.54) is 6.20 Å². The fourth-order valence-electron chi connectivity index (χ4n) is 1.17. The molecular formula is C11H13BrN2O3. The lowest BCUT2D eigenvalue weighted by Crippen LogP contribution is -2.27. The van der Waals surface area contributed by atoms with Gasteiger partial charge in [-0.15, -0.1) is 0 Å². The Hall–Kier alpha value is -1.43. The van der Waals surface area contributed by atoms with Gasteiger partial charge in [-0.05, 0) is 34.5 Å². The number of aliphatic carboxylic acids is 1. The van der Waals surface area contributed by atoms with Gasteiger partial charge in [0.05, 0.1) is 5.92 Å². The molecule has 0 saturated carbocycles. The Morgan fingerprint density at radius 2 is 2.29 bits per heavy atom. The summed E-state index contributed by atoms with van der Waals surface area (Å²) in [6.07, 6.45) is 1.94. The Kier molecular flexibility index (Phi) is 5.09. The number of aromatic nitrogens is 1. The van der Waals surface area contributed by atoms with Crippen molar-refractivity contribution < 1.29 is 14.7 Å². The van der Waals surface area contributed by atoms with Crippen LogP contribution in [0.1, 0.15) is 23.7 Å². The van der Waals surface area contributed by atoms with Crippen LogP contribution in [0, 0.1) is 5.92 Å². The van der Waals surface area contributed by atoms with Crippen molar-refractivity contribution in [2.45, 2.75) is 13.3 Å². The molecule has 1 amide bonds. The van der Waals surface area contributed by atoms with Crippen LogP contribution in [0.3, 0.4) is 0 Å². The lowest BCUT2D eigenvalue weighted by molar-refractivity contribution is -0.141. The molecule has 0 saturated heterocycles. The Morgan fingerprint density at radius 3 is 2.88 bits per heavy atom. The van der Waals surface area contributed by atoms with Gasteiger partial charge >= 0.3 is 5.97 Å². The second-order valence-electron chi connectivity index (χ2n) is 3.65. The normalized spacial score (nSPS) is 11.9. The van der Waals surface area contributed by atoms with Gasteiger partial charge in [0.15, 0.2) is 0 Å². The highest BCUT2D eigenvalue weighted by molar-refractivity contribution is 9.10. The number of hydrogen-bond donors (Lipinski definition) is 2. The molecule has 1 unspecified atom stereocenters. The van der Waals surface area contributed by atoms with Crippen molar-refractivity contribution in [1.29, 1.82) is 0 Å². The minimum Gasteiger partial charge on any atom is -0.481 e. The van der Waals surface area contributed by atoms with Gasteiger partial charge in [-0.2, -0.15) is 0 Å². The molecule has 92 valence electrons. The molecule has 0 fully saturated rings. The van der Waals surface area contributed by atoms with Crippen molar-refractivity contribution in [2.75, 3.05) is 6.54 Å². The molecule has 5 nitrogen and oxygen atoms in total. The van der Waals surface area contributed by atoms with Crippen molar-refractivity contribution in [3.63, 3.8) is 0 Å². The summed E-state index contributed by atoms with van der Waals surface area (Å²) in [4.78, 5) is 26.1. The Balaban J connectivity index is 2.43. The molecule has 2 N–H and O–H groups in total. The van der Waals surface area contributed by atoms with Gasteiger partial charge in [0.2, 0.25) is 0 Å². The lowest BCUT2D eigenvalue weighted by atomic mass is 10.1. The third-order valence-electron chi connectivity index (χ3n) is 2.27. The van der Waals surface area contributed by atoms with Crippen LogP contribution in [0.2, 0.25) is 0 Å². The molecule has 1 aromatic heterocycles. The fraction of sp³-hybridized carbons (Fsp3) is 0.364. The van der Waals surface area contributed by atoms with Crippen molar-refractivity contribution in [3.05, 3.63) is 28.5 Å². The minimum absolute atomic E-state index is 0.231. The van der Waals surface area contributed by atoms with E-state index in [0.717, 1.165) is 0 Å². The number of hydrogen-bond acceptors (Lipinski definition) is 3. The molecule has 1 atom stereocenters. The summed E-state index contributed by atoms with van der Waals surface area (Å²) in [5.74, 6) is -1.55. The summed E-state index contributed by atoms with van der Waals surface area (Å²) >= 11 is 3.17. The summed E-state index contributed by atoms with van der Waals surface area (Å²) in [7, 11) is 0. The third kappa shape index (κ3) is 4.52. The average molecular weight is 301 g/mol. The summed E-state index contributed by atoms with van der Waals surface area (Å²) in [6.45, 7) is 1.95. The van der Waals surface area contributed by atoms with E-state index in [1.807, 2.05) is 0 Å². The SMILES string of the molecule is CC(CCNC(=O)c1ccnc(Br)c1)C(=O)O. The van der Waals surface area contributed by atoms with E-state index in [9.17, 15) is 9.59 Å². The molecule has 0 aliphatic carbocycles. The molecule has 0 radical (unpaired) electrons. The first-order valence-electron chi connectivity index (χ1n) is 5.13. The smallest absolute Gasteiger partial charge is 0.306 e. The highest BCUT2D eigenvalue weighted by Gasteiger charge is 2.11. The third-order valence-corrected chi connectivity index (χ3v) is 2.71. The molecule has 1 rings (SSSR count). The highest BCUT2D eigenvalue weighted by Crippen LogP contribution is 2.08. The zero-order valence-electron chi connectivity index (χ0n) is 9.31. The van der Waals surface area contributed by atoms with Gasteiger partial charge < -0.3 is 10.4 Å². The van der Waals surface area contributed by atoms with E-state index in [2.05, 4.69) is 26.2 Å². The minimum atomic E-state index is -0.856. The molecule has 1 aromatic rings. The van der Waals surface area contributed by atoms with Crippen LogP contribution in [0.4, 0.5) is 0 Å². The Bertz CT molecular complexity index is 423. The lowest BCUT2D eigenvalue weighted by Gasteiger charge is -2.07. The van der Waals surface area contributed by atoms with Crippen LogP contribution in [-0.4, -0.2) is 28.5 Å². The summed E-state index contributed by atoms with van der Waals surface area (Å²) < 4.78 is 0.587. The van der Waals surface area contributed by atoms with Crippen LogP contribution in [-0.2, 0) is 4.79 Å². The van der Waals surface area contributed by atoms with Crippen LogP contribution in [0.25, 0.3) is 0 Å². The number of rotatable bonds is 5. The number of carboxylic acid groups (broad SMARTS) is 1. The van der Waals surface area contributed by atoms with Crippen molar-refractivity contribution >= 4 is 27.8 Å². The predicted molar refractivity (Wildman–Crippen MR) is 65.7 cm³/mol. The van der Waals surface area contributed by atoms with Gasteiger partial charge in [-0.1, -0.05) is 6.92 Å². The average Bonchev–Trinajstić information content (AvgIpc) is 2.28. The van der Waals surface area contributed by atoms with Crippen molar-refractivity contribution in [1.82, 2.24) is 10.3 Å². The zero-order valence-corrected chi connectivity index (χ0v) is 10.9. The number of nitrogens with zero attached hydrogens (tertiary/aromatic N) is 1. The molecule has 0 aromatic carbocycles. The second-order valence-corrected chi connectivity index (χ2v) is 4.46. The summed E-state index contributed by atoms with van der Waals surface area (Å²) in [6, 6.07) is 3.21. The van der Waals surface area contributed by atoms with Crippen LogP contribution < -0.4 is 5.32 Å². The summed E-state index contributed by atoms with van der Waals surface area (Å²) in [5, 5.41) is 11.3. The molecule has 0 spiro atoms. The Morgan fingerprint density at radius 1 is 1.59 bits per heavy atom. The molecular weight excluding hydrogens is 288 g/mol. The van der Waals surface area contributed by atoms with Crippen LogP contribution in [0.5, 0.6) is 0 Å². The van der Waals surface area contributed by atoms with Gasteiger partial charge in [0.25, 0.3) is 5.91 Å². The topological polar surface area (TPSA) is 79.3 Å². The Labute approximate surface area is 107 Å². The predicted octanol–water partition coefficient (Wildman–Crippen LogP) is 1.68. The number of halogens is 1. The maximum Gasteiger partial charge on any atom is 0.306 e. The fourth-order valence-corrected chi connectivity index (χ4v) is 1.54. The van der Waals surface area contributed by atoms with Crippen LogP contribution >= 0.6 is 15.9 Å². The van der Waals surface area contributed by atoms with E-state index in [0.29, 0.717) is 23.1 Å². The molecule has 6 heteroatoms. The molecule has 17 heavy (non-hydrogen) atoms. The molecule has 0 bridgehead atoms. The standard InChI is InChI=1S/C11H13BrN2O3/c1-7(11(16)17)2-4-14-10(15)8-3-5-13-9(12)6-8/h3,5-7H,2,4H2,1H3,(H,14,15)(H,16,17). The molecule has 0 aliphatic heterocycles. The van der Waals surface area contributed by atoms with E-state index in [-0.39, 0.29) is 5.91 Å². The van der Waals surface area contributed by atoms with E-state index in [4.69, 9.17) is 5.11 Å². The number of carbonyl (C=O) groups excluding carboxylic acids is 1. The first-order valence-corrected chi connectivity index (χ1v) is 5.92. The largest absolute Gasteiger partial charge is 0.481 e. The number of carbonyl (C=O) groups is 2. The van der Waals surface area contributed by atoms with E-state index < -0.39 is 11.9 Å². The van der Waals surface area contributed by atoms with E-state index >= 15 is 0 Å². The monoisotopic (exact) mass is 300 g/mol. The van der Waals surface area contributed by atoms with Crippen molar-refractivity contribution in [2.24, 2.45) is 5.92 Å². The second kappa shape index (κ2) is 6.34. The maximum atomic E-state index is 11.6. The van der Waals surface area contributed by atoms with Crippen LogP contribution in [0.15, 0.2) is 22.9 Å². The van der Waals surface area contributed by atoms with Gasteiger partial charge in [0, 0.05) is 18.3 Å². The molecule has 0 aliphatic rings. The highest BCUT2D eigenvalue weighted by atomic mass is 79.9. The maximum absolute atomic E-state index is 11.6. The summed E-state index contributed by atoms with van der Waals surface area (Å²) in [5.41, 5.74) is 0.495. The first-order chi connectivity index (χ1) is 8.00. The number of amides is 1. The van der Waals surface area contributed by atoms with Crippen molar-refractivity contribution in [3.8, 4) is 0 Å². The van der Waals surface area contributed by atoms with Gasteiger partial charge in [0.1, 0.15) is 4.60 Å².